The molecule has 0 unspecified atom stereocenters. The third kappa shape index (κ3) is 4.59. The fourth-order valence-corrected chi connectivity index (χ4v) is 5.44. The molecule has 34 heavy (non-hydrogen) atoms. The molecule has 0 spiro atoms. The molecule has 0 bridgehead atoms. The van der Waals surface area contributed by atoms with Gasteiger partial charge in [-0.25, -0.2) is 9.18 Å². The average molecular weight is 481 g/mol. The number of fused-ring (bicyclic) bond motifs is 1. The summed E-state index contributed by atoms with van der Waals surface area (Å²) in [4.78, 5) is 40.2. The summed E-state index contributed by atoms with van der Waals surface area (Å²) in [6.07, 6.45) is 2.27. The van der Waals surface area contributed by atoms with Gasteiger partial charge in [-0.3, -0.25) is 9.59 Å². The highest BCUT2D eigenvalue weighted by Gasteiger charge is 2.31. The standard InChI is InChI=1S/C26H25FN2O4S/c1-3-5-16-8-10-17(11-9-16)23(30)28-24-22(26(32)33)19-12-13-29(14-21(19)34-24)25(31)18-6-4-7-20(27)15(18)2/h4,6-11H,3,5,12-14H2,1-2H3,(H,28,30)(H,32,33). The molecule has 176 valence electrons. The van der Waals surface area contributed by atoms with E-state index in [4.69, 9.17) is 0 Å². The molecule has 0 saturated carbocycles. The fourth-order valence-electron chi connectivity index (χ4n) is 4.19. The van der Waals surface area contributed by atoms with E-state index in [0.29, 0.717) is 34.5 Å². The number of aryl methyl sites for hydroxylation is 1. The molecule has 1 aromatic heterocycles. The van der Waals surface area contributed by atoms with Crippen LogP contribution >= 0.6 is 11.3 Å². The lowest BCUT2D eigenvalue weighted by Gasteiger charge is -2.27. The molecule has 2 N–H and O–H groups in total. The van der Waals surface area contributed by atoms with Crippen molar-refractivity contribution in [3.8, 4) is 0 Å². The van der Waals surface area contributed by atoms with Gasteiger partial charge >= 0.3 is 5.97 Å². The van der Waals surface area contributed by atoms with Crippen LogP contribution in [-0.4, -0.2) is 34.3 Å². The number of anilines is 1. The molecule has 2 heterocycles. The van der Waals surface area contributed by atoms with Crippen molar-refractivity contribution >= 4 is 34.1 Å². The van der Waals surface area contributed by atoms with Crippen LogP contribution in [0, 0.1) is 12.7 Å². The van der Waals surface area contributed by atoms with Gasteiger partial charge in [0.1, 0.15) is 10.8 Å². The van der Waals surface area contributed by atoms with Crippen LogP contribution in [0.3, 0.4) is 0 Å². The Labute approximate surface area is 201 Å². The number of thiophene rings is 1. The lowest BCUT2D eigenvalue weighted by molar-refractivity contribution is 0.0696. The van der Waals surface area contributed by atoms with Gasteiger partial charge in [-0.15, -0.1) is 11.3 Å². The fraction of sp³-hybridized carbons (Fsp3) is 0.269. The maximum atomic E-state index is 13.9. The van der Waals surface area contributed by atoms with Crippen molar-refractivity contribution in [3.05, 3.63) is 86.5 Å². The third-order valence-corrected chi connectivity index (χ3v) is 7.17. The summed E-state index contributed by atoms with van der Waals surface area (Å²) in [5.74, 6) is -2.24. The first-order chi connectivity index (χ1) is 16.3. The van der Waals surface area contributed by atoms with Crippen LogP contribution < -0.4 is 5.32 Å². The second-order valence-corrected chi connectivity index (χ2v) is 9.41. The zero-order valence-corrected chi connectivity index (χ0v) is 19.8. The smallest absolute Gasteiger partial charge is 0.339 e. The van der Waals surface area contributed by atoms with Gasteiger partial charge in [0.25, 0.3) is 11.8 Å². The lowest BCUT2D eigenvalue weighted by atomic mass is 10.0. The highest BCUT2D eigenvalue weighted by Crippen LogP contribution is 2.38. The number of carbonyl (C=O) groups is 3. The molecule has 0 fully saturated rings. The van der Waals surface area contributed by atoms with Crippen LogP contribution in [0.5, 0.6) is 0 Å². The van der Waals surface area contributed by atoms with Crippen LogP contribution in [0.25, 0.3) is 0 Å². The summed E-state index contributed by atoms with van der Waals surface area (Å²) in [5.41, 5.74) is 2.86. The molecule has 4 rings (SSSR count). The first-order valence-corrected chi connectivity index (χ1v) is 11.9. The molecule has 2 aromatic carbocycles. The summed E-state index contributed by atoms with van der Waals surface area (Å²) in [7, 11) is 0. The minimum absolute atomic E-state index is 0.0741. The minimum atomic E-state index is -1.12. The number of benzene rings is 2. The van der Waals surface area contributed by atoms with Crippen LogP contribution in [0.15, 0.2) is 42.5 Å². The van der Waals surface area contributed by atoms with Gasteiger partial charge in [0.2, 0.25) is 0 Å². The predicted octanol–water partition coefficient (Wildman–Crippen LogP) is 5.30. The maximum absolute atomic E-state index is 13.9. The Morgan fingerprint density at radius 2 is 1.88 bits per heavy atom. The Balaban J connectivity index is 1.57. The van der Waals surface area contributed by atoms with Gasteiger partial charge in [-0.1, -0.05) is 31.5 Å². The van der Waals surface area contributed by atoms with Gasteiger partial charge in [-0.2, -0.15) is 0 Å². The first-order valence-electron chi connectivity index (χ1n) is 11.1. The molecule has 1 aliphatic rings. The number of carboxylic acid groups (broad SMARTS) is 1. The van der Waals surface area contributed by atoms with Gasteiger partial charge in [-0.05, 0) is 60.7 Å². The summed E-state index contributed by atoms with van der Waals surface area (Å²) >= 11 is 1.17. The van der Waals surface area contributed by atoms with E-state index in [1.54, 1.807) is 30.0 Å². The van der Waals surface area contributed by atoms with E-state index in [1.165, 1.54) is 23.5 Å². The Morgan fingerprint density at radius 1 is 1.15 bits per heavy atom. The number of amides is 2. The Hall–Kier alpha value is -3.52. The molecule has 3 aromatic rings. The van der Waals surface area contributed by atoms with Crippen molar-refractivity contribution in [3.63, 3.8) is 0 Å². The molecule has 1 aliphatic heterocycles. The molecule has 6 nitrogen and oxygen atoms in total. The average Bonchev–Trinajstić information content (AvgIpc) is 3.18. The number of carbonyl (C=O) groups excluding carboxylic acids is 2. The van der Waals surface area contributed by atoms with Crippen LogP contribution in [0.4, 0.5) is 9.39 Å². The molecule has 0 saturated heterocycles. The van der Waals surface area contributed by atoms with Crippen molar-refractivity contribution < 1.29 is 23.9 Å². The van der Waals surface area contributed by atoms with Gasteiger partial charge in [0.15, 0.2) is 0 Å². The molecule has 0 aliphatic carbocycles. The SMILES string of the molecule is CCCc1ccc(C(=O)Nc2sc3c(c2C(=O)O)CCN(C(=O)c2cccc(F)c2C)C3)cc1. The van der Waals surface area contributed by atoms with E-state index in [9.17, 15) is 23.9 Å². The lowest BCUT2D eigenvalue weighted by Crippen LogP contribution is -2.36. The largest absolute Gasteiger partial charge is 0.478 e. The summed E-state index contributed by atoms with van der Waals surface area (Å²) in [6, 6.07) is 11.7. The Morgan fingerprint density at radius 3 is 2.56 bits per heavy atom. The van der Waals surface area contributed by atoms with Crippen LogP contribution in [0.1, 0.15) is 66.0 Å². The molecular weight excluding hydrogens is 455 g/mol. The minimum Gasteiger partial charge on any atom is -0.478 e. The number of hydrogen-bond donors (Lipinski definition) is 2. The van der Waals surface area contributed by atoms with E-state index in [-0.39, 0.29) is 34.5 Å². The van der Waals surface area contributed by atoms with Crippen molar-refractivity contribution in [2.24, 2.45) is 0 Å². The molecule has 2 amide bonds. The normalized spacial score (nSPS) is 12.9. The summed E-state index contributed by atoms with van der Waals surface area (Å²) < 4.78 is 13.9. The number of nitrogens with zero attached hydrogens (tertiary/aromatic N) is 1. The van der Waals surface area contributed by atoms with E-state index >= 15 is 0 Å². The van der Waals surface area contributed by atoms with E-state index in [1.807, 2.05) is 12.1 Å². The van der Waals surface area contributed by atoms with E-state index in [0.717, 1.165) is 18.4 Å². The number of rotatable bonds is 6. The van der Waals surface area contributed by atoms with Crippen molar-refractivity contribution in [1.82, 2.24) is 4.90 Å². The van der Waals surface area contributed by atoms with Gasteiger partial charge in [0.05, 0.1) is 12.1 Å². The predicted molar refractivity (Wildman–Crippen MR) is 129 cm³/mol. The highest BCUT2D eigenvalue weighted by atomic mass is 32.1. The first kappa shape index (κ1) is 23.6. The quantitative estimate of drug-likeness (QED) is 0.501. The monoisotopic (exact) mass is 480 g/mol. The molecule has 0 atom stereocenters. The Bertz CT molecular complexity index is 1270. The van der Waals surface area contributed by atoms with Crippen molar-refractivity contribution in [2.75, 3.05) is 11.9 Å². The second kappa shape index (κ2) is 9.77. The number of halogens is 1. The Kier molecular flexibility index (Phi) is 6.79. The zero-order valence-electron chi connectivity index (χ0n) is 19.0. The van der Waals surface area contributed by atoms with Crippen molar-refractivity contribution in [1.29, 1.82) is 0 Å². The number of aromatic carboxylic acids is 1. The van der Waals surface area contributed by atoms with Crippen molar-refractivity contribution in [2.45, 2.75) is 39.7 Å². The molecular formula is C26H25FN2O4S. The van der Waals surface area contributed by atoms with Crippen LogP contribution in [-0.2, 0) is 19.4 Å². The number of nitrogens with one attached hydrogen (secondary N) is 1. The van der Waals surface area contributed by atoms with Crippen LogP contribution in [0.2, 0.25) is 0 Å². The van der Waals surface area contributed by atoms with E-state index in [2.05, 4.69) is 12.2 Å². The second-order valence-electron chi connectivity index (χ2n) is 8.30. The number of carboxylic acids is 1. The molecule has 8 heteroatoms. The number of hydrogen-bond acceptors (Lipinski definition) is 4. The van der Waals surface area contributed by atoms with Gasteiger partial charge in [0, 0.05) is 22.5 Å². The molecule has 0 radical (unpaired) electrons. The summed E-state index contributed by atoms with van der Waals surface area (Å²) in [5, 5.41) is 12.9. The summed E-state index contributed by atoms with van der Waals surface area (Å²) in [6.45, 7) is 4.16. The third-order valence-electron chi connectivity index (χ3n) is 6.04. The van der Waals surface area contributed by atoms with Gasteiger partial charge < -0.3 is 15.3 Å². The maximum Gasteiger partial charge on any atom is 0.339 e. The van der Waals surface area contributed by atoms with E-state index < -0.39 is 11.8 Å². The topological polar surface area (TPSA) is 86.7 Å². The zero-order chi connectivity index (χ0) is 24.4. The highest BCUT2D eigenvalue weighted by molar-refractivity contribution is 7.17.